The molecular weight excluding hydrogens is 302 g/mol. The fraction of sp³-hybridized carbons (Fsp3) is 0.188. The van der Waals surface area contributed by atoms with Crippen molar-refractivity contribution < 1.29 is 13.6 Å². The molecule has 23 heavy (non-hydrogen) atoms. The van der Waals surface area contributed by atoms with Crippen LogP contribution in [0.5, 0.6) is 0 Å². The van der Waals surface area contributed by atoms with Crippen LogP contribution >= 0.6 is 0 Å². The minimum absolute atomic E-state index is 0.179. The van der Waals surface area contributed by atoms with Gasteiger partial charge in [-0.15, -0.1) is 0 Å². The summed E-state index contributed by atoms with van der Waals surface area (Å²) in [6.07, 6.45) is 0. The predicted molar refractivity (Wildman–Crippen MR) is 82.3 cm³/mol. The monoisotopic (exact) mass is 316 g/mol. The smallest absolute Gasteiger partial charge is 0.256 e. The van der Waals surface area contributed by atoms with Gasteiger partial charge in [-0.05, 0) is 32.0 Å². The van der Waals surface area contributed by atoms with E-state index in [4.69, 9.17) is 0 Å². The molecule has 7 heteroatoms. The Morgan fingerprint density at radius 2 is 1.91 bits per heavy atom. The summed E-state index contributed by atoms with van der Waals surface area (Å²) < 4.78 is 27.8. The summed E-state index contributed by atoms with van der Waals surface area (Å²) in [7, 11) is 1.75. The maximum atomic E-state index is 13.3. The molecule has 0 fully saturated rings. The van der Waals surface area contributed by atoms with E-state index in [2.05, 4.69) is 15.4 Å². The van der Waals surface area contributed by atoms with Crippen molar-refractivity contribution in [2.75, 3.05) is 5.32 Å². The van der Waals surface area contributed by atoms with Crippen LogP contribution in [-0.2, 0) is 7.05 Å². The number of carbonyl (C=O) groups is 1. The third kappa shape index (κ3) is 2.65. The van der Waals surface area contributed by atoms with Crippen LogP contribution in [0.1, 0.15) is 21.7 Å². The van der Waals surface area contributed by atoms with E-state index in [9.17, 15) is 13.6 Å². The number of halogens is 2. The Hall–Kier alpha value is -2.83. The number of hydrogen-bond acceptors (Lipinski definition) is 3. The molecule has 0 saturated heterocycles. The van der Waals surface area contributed by atoms with E-state index < -0.39 is 17.5 Å². The first-order valence-corrected chi connectivity index (χ1v) is 6.94. The first-order chi connectivity index (χ1) is 10.9. The number of rotatable bonds is 2. The zero-order valence-electron chi connectivity index (χ0n) is 12.8. The molecule has 0 atom stereocenters. The molecule has 0 unspecified atom stereocenters. The molecule has 0 aliphatic rings. The van der Waals surface area contributed by atoms with Crippen LogP contribution in [0.2, 0.25) is 0 Å². The standard InChI is InChI=1S/C16H14F2N4O/c1-8-6-11(14-9(2)21-22(3)15(14)19-8)16(23)20-10-4-5-12(17)13(18)7-10/h4-7H,1-3H3,(H,20,23). The highest BCUT2D eigenvalue weighted by Gasteiger charge is 2.18. The molecule has 1 aromatic carbocycles. The van der Waals surface area contributed by atoms with E-state index in [-0.39, 0.29) is 5.69 Å². The van der Waals surface area contributed by atoms with Crippen LogP contribution in [0.15, 0.2) is 24.3 Å². The number of carbonyl (C=O) groups excluding carboxylic acids is 1. The van der Waals surface area contributed by atoms with Gasteiger partial charge in [0.05, 0.1) is 16.6 Å². The number of nitrogens with zero attached hydrogens (tertiary/aromatic N) is 3. The van der Waals surface area contributed by atoms with Gasteiger partial charge in [0.1, 0.15) is 0 Å². The van der Waals surface area contributed by atoms with E-state index in [1.165, 1.54) is 6.07 Å². The molecule has 5 nitrogen and oxygen atoms in total. The fourth-order valence-corrected chi connectivity index (χ4v) is 2.52. The van der Waals surface area contributed by atoms with Gasteiger partial charge in [0.15, 0.2) is 17.3 Å². The molecule has 0 aliphatic heterocycles. The largest absolute Gasteiger partial charge is 0.322 e. The van der Waals surface area contributed by atoms with Crippen LogP contribution < -0.4 is 5.32 Å². The molecule has 0 bridgehead atoms. The number of fused-ring (bicyclic) bond motifs is 1. The van der Waals surface area contributed by atoms with Crippen LogP contribution in [0.4, 0.5) is 14.5 Å². The maximum absolute atomic E-state index is 13.3. The van der Waals surface area contributed by atoms with Gasteiger partial charge in [-0.25, -0.2) is 13.8 Å². The Morgan fingerprint density at radius 3 is 2.61 bits per heavy atom. The zero-order valence-corrected chi connectivity index (χ0v) is 12.8. The summed E-state index contributed by atoms with van der Waals surface area (Å²) in [5, 5.41) is 7.48. The topological polar surface area (TPSA) is 59.8 Å². The van der Waals surface area contributed by atoms with Crippen LogP contribution in [0.25, 0.3) is 11.0 Å². The zero-order chi connectivity index (χ0) is 16.7. The minimum Gasteiger partial charge on any atom is -0.322 e. The Morgan fingerprint density at radius 1 is 1.17 bits per heavy atom. The van der Waals surface area contributed by atoms with Crippen LogP contribution in [-0.4, -0.2) is 20.7 Å². The first kappa shape index (κ1) is 15.1. The Kier molecular flexibility index (Phi) is 3.55. The molecule has 1 amide bonds. The number of anilines is 1. The second-order valence-corrected chi connectivity index (χ2v) is 5.30. The van der Waals surface area contributed by atoms with Crippen molar-refractivity contribution in [3.8, 4) is 0 Å². The lowest BCUT2D eigenvalue weighted by molar-refractivity contribution is 0.102. The van der Waals surface area contributed by atoms with Gasteiger partial charge in [0.2, 0.25) is 0 Å². The molecule has 118 valence electrons. The van der Waals surface area contributed by atoms with Crippen molar-refractivity contribution in [1.82, 2.24) is 14.8 Å². The van der Waals surface area contributed by atoms with Gasteiger partial charge in [0.25, 0.3) is 5.91 Å². The Bertz CT molecular complexity index is 933. The highest BCUT2D eigenvalue weighted by Crippen LogP contribution is 2.23. The number of nitrogens with one attached hydrogen (secondary N) is 1. The average molecular weight is 316 g/mol. The van der Waals surface area contributed by atoms with Crippen molar-refractivity contribution in [2.24, 2.45) is 7.05 Å². The Balaban J connectivity index is 2.05. The summed E-state index contributed by atoms with van der Waals surface area (Å²) >= 11 is 0. The lowest BCUT2D eigenvalue weighted by atomic mass is 10.1. The summed E-state index contributed by atoms with van der Waals surface area (Å²) in [4.78, 5) is 16.9. The minimum atomic E-state index is -1.02. The third-order valence-corrected chi connectivity index (χ3v) is 3.52. The SMILES string of the molecule is Cc1cc(C(=O)Nc2ccc(F)c(F)c2)c2c(C)nn(C)c2n1. The summed E-state index contributed by atoms with van der Waals surface area (Å²) in [5.41, 5.74) is 2.50. The third-order valence-electron chi connectivity index (χ3n) is 3.52. The van der Waals surface area contributed by atoms with Crippen molar-refractivity contribution in [2.45, 2.75) is 13.8 Å². The molecule has 3 rings (SSSR count). The lowest BCUT2D eigenvalue weighted by Crippen LogP contribution is -2.13. The van der Waals surface area contributed by atoms with E-state index >= 15 is 0 Å². The molecule has 2 heterocycles. The van der Waals surface area contributed by atoms with E-state index in [0.717, 1.165) is 12.1 Å². The normalized spacial score (nSPS) is 11.0. The number of aryl methyl sites for hydroxylation is 3. The molecule has 2 aromatic heterocycles. The van der Waals surface area contributed by atoms with Crippen LogP contribution in [0.3, 0.4) is 0 Å². The van der Waals surface area contributed by atoms with E-state index in [1.54, 1.807) is 31.6 Å². The fourth-order valence-electron chi connectivity index (χ4n) is 2.52. The van der Waals surface area contributed by atoms with Crippen molar-refractivity contribution in [3.05, 3.63) is 52.9 Å². The molecule has 0 radical (unpaired) electrons. The van der Waals surface area contributed by atoms with Crippen molar-refractivity contribution in [1.29, 1.82) is 0 Å². The highest BCUT2D eigenvalue weighted by molar-refractivity contribution is 6.12. The number of pyridine rings is 1. The van der Waals surface area contributed by atoms with Gasteiger partial charge in [-0.3, -0.25) is 9.48 Å². The second kappa shape index (κ2) is 5.42. The van der Waals surface area contributed by atoms with Gasteiger partial charge in [-0.2, -0.15) is 5.10 Å². The van der Waals surface area contributed by atoms with Gasteiger partial charge >= 0.3 is 0 Å². The van der Waals surface area contributed by atoms with Crippen molar-refractivity contribution in [3.63, 3.8) is 0 Å². The maximum Gasteiger partial charge on any atom is 0.256 e. The summed E-state index contributed by atoms with van der Waals surface area (Å²) in [6, 6.07) is 4.85. The number of benzene rings is 1. The molecular formula is C16H14F2N4O. The second-order valence-electron chi connectivity index (χ2n) is 5.30. The van der Waals surface area contributed by atoms with Gasteiger partial charge in [-0.1, -0.05) is 0 Å². The molecule has 3 aromatic rings. The molecule has 1 N–H and O–H groups in total. The lowest BCUT2D eigenvalue weighted by Gasteiger charge is -2.08. The molecule has 0 saturated carbocycles. The highest BCUT2D eigenvalue weighted by atomic mass is 19.2. The molecule has 0 spiro atoms. The predicted octanol–water partition coefficient (Wildman–Crippen LogP) is 3.12. The first-order valence-electron chi connectivity index (χ1n) is 6.94. The van der Waals surface area contributed by atoms with Gasteiger partial charge in [0, 0.05) is 24.5 Å². The van der Waals surface area contributed by atoms with Gasteiger partial charge < -0.3 is 5.32 Å². The summed E-state index contributed by atoms with van der Waals surface area (Å²) in [5.74, 6) is -2.41. The number of hydrogen-bond donors (Lipinski definition) is 1. The van der Waals surface area contributed by atoms with Crippen LogP contribution in [0, 0.1) is 25.5 Å². The van der Waals surface area contributed by atoms with E-state index in [1.807, 2.05) is 0 Å². The average Bonchev–Trinajstić information content (AvgIpc) is 2.77. The summed E-state index contributed by atoms with van der Waals surface area (Å²) in [6.45, 7) is 3.56. The number of aromatic nitrogens is 3. The molecule has 0 aliphatic carbocycles. The van der Waals surface area contributed by atoms with Crippen molar-refractivity contribution >= 4 is 22.6 Å². The quantitative estimate of drug-likeness (QED) is 0.790. The number of amides is 1. The van der Waals surface area contributed by atoms with E-state index in [0.29, 0.717) is 28.0 Å². The Labute approximate surface area is 130 Å².